The monoisotopic (exact) mass is 397 g/mol. The zero-order valence-electron chi connectivity index (χ0n) is 16.5. The zero-order valence-corrected chi connectivity index (χ0v) is 16.5. The number of fused-ring (bicyclic) bond motifs is 1. The maximum Gasteiger partial charge on any atom is 0.338 e. The highest BCUT2D eigenvalue weighted by Crippen LogP contribution is 2.29. The lowest BCUT2D eigenvalue weighted by Gasteiger charge is -2.14. The first kappa shape index (κ1) is 20.4. The molecule has 0 bridgehead atoms. The minimum Gasteiger partial charge on any atom is -0.490 e. The first-order chi connectivity index (χ1) is 14.1. The van der Waals surface area contributed by atoms with Gasteiger partial charge in [-0.05, 0) is 50.6 Å². The number of hydrogen-bond acceptors (Lipinski definition) is 6. The van der Waals surface area contributed by atoms with Gasteiger partial charge in [-0.2, -0.15) is 0 Å². The minimum atomic E-state index is -0.503. The molecular weight excluding hydrogens is 374 g/mol. The molecule has 1 heterocycles. The predicted octanol–water partition coefficient (Wildman–Crippen LogP) is 3.33. The minimum absolute atomic E-state index is 0.0867. The molecule has 0 N–H and O–H groups in total. The van der Waals surface area contributed by atoms with Gasteiger partial charge < -0.3 is 14.2 Å². The van der Waals surface area contributed by atoms with Crippen LogP contribution in [0.4, 0.5) is 0 Å². The van der Waals surface area contributed by atoms with Crippen molar-refractivity contribution in [1.29, 1.82) is 0 Å². The molecule has 0 fully saturated rings. The van der Waals surface area contributed by atoms with Gasteiger partial charge in [0.2, 0.25) is 0 Å². The molecule has 0 radical (unpaired) electrons. The summed E-state index contributed by atoms with van der Waals surface area (Å²) in [6.45, 7) is 4.92. The lowest BCUT2D eigenvalue weighted by atomic mass is 10.1. The molecule has 0 saturated carbocycles. The van der Waals surface area contributed by atoms with E-state index in [4.69, 9.17) is 14.2 Å². The van der Waals surface area contributed by atoms with Crippen LogP contribution in [0.25, 0.3) is 0 Å². The van der Waals surface area contributed by atoms with Gasteiger partial charge in [0.05, 0.1) is 36.5 Å². The number of benzene rings is 2. The van der Waals surface area contributed by atoms with Gasteiger partial charge in [-0.1, -0.05) is 12.1 Å². The van der Waals surface area contributed by atoms with Crippen molar-refractivity contribution in [3.05, 3.63) is 59.2 Å². The van der Waals surface area contributed by atoms with Crippen LogP contribution in [0.15, 0.2) is 42.5 Å². The molecule has 1 aliphatic rings. The summed E-state index contributed by atoms with van der Waals surface area (Å²) in [6, 6.07) is 11.6. The van der Waals surface area contributed by atoms with Crippen LogP contribution >= 0.6 is 0 Å². The smallest absolute Gasteiger partial charge is 0.338 e. The molecule has 0 atom stereocenters. The van der Waals surface area contributed by atoms with Gasteiger partial charge in [0.1, 0.15) is 0 Å². The molecule has 0 saturated heterocycles. The van der Waals surface area contributed by atoms with Gasteiger partial charge in [-0.3, -0.25) is 14.5 Å². The fourth-order valence-electron chi connectivity index (χ4n) is 3.09. The van der Waals surface area contributed by atoms with Crippen LogP contribution in [-0.2, 0) is 4.74 Å². The molecule has 0 spiro atoms. The summed E-state index contributed by atoms with van der Waals surface area (Å²) in [5.74, 6) is -0.0858. The second kappa shape index (κ2) is 9.23. The summed E-state index contributed by atoms with van der Waals surface area (Å²) in [4.78, 5) is 38.1. The lowest BCUT2D eigenvalue weighted by molar-refractivity contribution is 0.0482. The molecule has 0 aliphatic carbocycles. The van der Waals surface area contributed by atoms with E-state index >= 15 is 0 Å². The van der Waals surface area contributed by atoms with Crippen molar-refractivity contribution >= 4 is 17.8 Å². The van der Waals surface area contributed by atoms with Crippen LogP contribution in [-0.4, -0.2) is 49.0 Å². The van der Waals surface area contributed by atoms with Gasteiger partial charge in [0.25, 0.3) is 11.8 Å². The number of nitrogens with zero attached hydrogens (tertiary/aromatic N) is 1. The summed E-state index contributed by atoms with van der Waals surface area (Å²) < 4.78 is 16.3. The van der Waals surface area contributed by atoms with Crippen LogP contribution in [0.5, 0.6) is 11.5 Å². The molecule has 7 nitrogen and oxygen atoms in total. The number of hydrogen-bond donors (Lipinski definition) is 0. The fraction of sp³-hybridized carbons (Fsp3) is 0.318. The van der Waals surface area contributed by atoms with Gasteiger partial charge in [0.15, 0.2) is 11.5 Å². The Morgan fingerprint density at radius 1 is 0.897 bits per heavy atom. The molecule has 1 aliphatic heterocycles. The second-order valence-electron chi connectivity index (χ2n) is 6.32. The van der Waals surface area contributed by atoms with Crippen molar-refractivity contribution in [2.24, 2.45) is 0 Å². The number of ether oxygens (including phenoxy) is 3. The first-order valence-corrected chi connectivity index (χ1v) is 9.58. The van der Waals surface area contributed by atoms with E-state index in [9.17, 15) is 14.4 Å². The van der Waals surface area contributed by atoms with E-state index in [1.54, 1.807) is 42.5 Å². The average molecular weight is 397 g/mol. The number of carbonyl (C=O) groups excluding carboxylic acids is 3. The molecule has 2 aromatic rings. The fourth-order valence-corrected chi connectivity index (χ4v) is 3.09. The van der Waals surface area contributed by atoms with Crippen molar-refractivity contribution in [3.8, 4) is 11.5 Å². The van der Waals surface area contributed by atoms with Gasteiger partial charge >= 0.3 is 5.97 Å². The molecule has 3 rings (SSSR count). The number of rotatable bonds is 9. The third kappa shape index (κ3) is 4.39. The van der Waals surface area contributed by atoms with Crippen molar-refractivity contribution in [2.75, 3.05) is 26.4 Å². The third-order valence-corrected chi connectivity index (χ3v) is 4.42. The van der Waals surface area contributed by atoms with E-state index in [0.717, 1.165) is 0 Å². The molecule has 152 valence electrons. The van der Waals surface area contributed by atoms with E-state index in [1.807, 2.05) is 13.8 Å². The predicted molar refractivity (Wildman–Crippen MR) is 105 cm³/mol. The van der Waals surface area contributed by atoms with Crippen molar-refractivity contribution in [2.45, 2.75) is 20.3 Å². The lowest BCUT2D eigenvalue weighted by Crippen LogP contribution is -2.31. The standard InChI is InChI=1S/C22H23NO6/c1-3-27-18-11-10-15(14-19(18)28-4-2)22(26)29-13-7-12-23-20(24)16-8-5-6-9-17(16)21(23)25/h5-6,8-11,14H,3-4,7,12-13H2,1-2H3. The van der Waals surface area contributed by atoms with Gasteiger partial charge in [0, 0.05) is 6.54 Å². The Balaban J connectivity index is 1.54. The van der Waals surface area contributed by atoms with Crippen LogP contribution in [0.1, 0.15) is 51.3 Å². The van der Waals surface area contributed by atoms with Gasteiger partial charge in [-0.15, -0.1) is 0 Å². The number of amides is 2. The highest BCUT2D eigenvalue weighted by molar-refractivity contribution is 6.21. The van der Waals surface area contributed by atoms with Crippen LogP contribution in [0, 0.1) is 0 Å². The number of imide groups is 1. The maximum atomic E-state index is 12.3. The molecule has 29 heavy (non-hydrogen) atoms. The Kier molecular flexibility index (Phi) is 6.49. The Hall–Kier alpha value is -3.35. The van der Waals surface area contributed by atoms with Crippen molar-refractivity contribution in [3.63, 3.8) is 0 Å². The Labute approximate surface area is 169 Å². The molecule has 2 aromatic carbocycles. The van der Waals surface area contributed by atoms with Crippen molar-refractivity contribution in [1.82, 2.24) is 4.90 Å². The second-order valence-corrected chi connectivity index (χ2v) is 6.32. The molecular formula is C22H23NO6. The largest absolute Gasteiger partial charge is 0.490 e. The summed E-state index contributed by atoms with van der Waals surface area (Å²) in [5, 5.41) is 0. The summed E-state index contributed by atoms with van der Waals surface area (Å²) >= 11 is 0. The zero-order chi connectivity index (χ0) is 20.8. The average Bonchev–Trinajstić information content (AvgIpc) is 2.97. The highest BCUT2D eigenvalue weighted by atomic mass is 16.5. The number of esters is 1. The maximum absolute atomic E-state index is 12.3. The Morgan fingerprint density at radius 3 is 2.14 bits per heavy atom. The van der Waals surface area contributed by atoms with E-state index < -0.39 is 5.97 Å². The van der Waals surface area contributed by atoms with Gasteiger partial charge in [-0.25, -0.2) is 4.79 Å². The SMILES string of the molecule is CCOc1ccc(C(=O)OCCCN2C(=O)c3ccccc3C2=O)cc1OCC. The molecule has 7 heteroatoms. The quantitative estimate of drug-likeness (QED) is 0.367. The molecule has 2 amide bonds. The third-order valence-electron chi connectivity index (χ3n) is 4.42. The van der Waals surface area contributed by atoms with Crippen LogP contribution in [0.3, 0.4) is 0 Å². The number of carbonyl (C=O) groups is 3. The normalized spacial score (nSPS) is 12.7. The Morgan fingerprint density at radius 2 is 1.52 bits per heavy atom. The highest BCUT2D eigenvalue weighted by Gasteiger charge is 2.34. The van der Waals surface area contributed by atoms with Crippen LogP contribution < -0.4 is 9.47 Å². The van der Waals surface area contributed by atoms with Crippen LogP contribution in [0.2, 0.25) is 0 Å². The first-order valence-electron chi connectivity index (χ1n) is 9.58. The molecule has 0 unspecified atom stereocenters. The summed E-state index contributed by atoms with van der Waals surface area (Å²) in [5.41, 5.74) is 1.16. The topological polar surface area (TPSA) is 82.1 Å². The Bertz CT molecular complexity index is 888. The molecule has 0 aromatic heterocycles. The van der Waals surface area contributed by atoms with E-state index in [1.165, 1.54) is 4.90 Å². The summed E-state index contributed by atoms with van der Waals surface area (Å²) in [7, 11) is 0. The van der Waals surface area contributed by atoms with E-state index in [2.05, 4.69) is 0 Å². The summed E-state index contributed by atoms with van der Waals surface area (Å²) in [6.07, 6.45) is 0.354. The van der Waals surface area contributed by atoms with Crippen molar-refractivity contribution < 1.29 is 28.6 Å². The van der Waals surface area contributed by atoms with E-state index in [-0.39, 0.29) is 25.0 Å². The van der Waals surface area contributed by atoms with E-state index in [0.29, 0.717) is 47.8 Å².